The third-order valence-electron chi connectivity index (χ3n) is 1.31. The SMILES string of the molecule is FCCC(Cl)CC(F)(F)C(F)(F)F. The standard InChI is InChI=1S/C6H7ClF6/c7-4(1-2-8)3-5(9,10)6(11,12)13/h4H,1-3H2. The molecule has 0 nitrogen and oxygen atoms in total. The molecule has 0 amide bonds. The average molecular weight is 229 g/mol. The Balaban J connectivity index is 4.17. The van der Waals surface area contributed by atoms with Crippen molar-refractivity contribution in [1.82, 2.24) is 0 Å². The Kier molecular flexibility index (Phi) is 4.35. The van der Waals surface area contributed by atoms with Gasteiger partial charge in [-0.05, 0) is 6.42 Å². The van der Waals surface area contributed by atoms with Crippen LogP contribution in [-0.2, 0) is 0 Å². The van der Waals surface area contributed by atoms with Crippen LogP contribution in [0.25, 0.3) is 0 Å². The maximum absolute atomic E-state index is 12.2. The molecule has 0 aliphatic heterocycles. The summed E-state index contributed by atoms with van der Waals surface area (Å²) in [5.41, 5.74) is 0. The summed E-state index contributed by atoms with van der Waals surface area (Å²) in [5.74, 6) is -4.84. The molecule has 80 valence electrons. The Bertz CT molecular complexity index is 154. The van der Waals surface area contributed by atoms with Crippen LogP contribution in [-0.4, -0.2) is 24.2 Å². The van der Waals surface area contributed by atoms with Crippen LogP contribution in [0.3, 0.4) is 0 Å². The van der Waals surface area contributed by atoms with Crippen molar-refractivity contribution in [3.05, 3.63) is 0 Å². The highest BCUT2D eigenvalue weighted by atomic mass is 35.5. The minimum Gasteiger partial charge on any atom is -0.251 e. The first kappa shape index (κ1) is 12.9. The highest BCUT2D eigenvalue weighted by molar-refractivity contribution is 6.20. The Morgan fingerprint density at radius 2 is 1.54 bits per heavy atom. The normalized spacial score (nSPS) is 15.9. The third-order valence-corrected chi connectivity index (χ3v) is 1.69. The predicted octanol–water partition coefficient (Wildman–Crippen LogP) is 3.54. The van der Waals surface area contributed by atoms with Crippen molar-refractivity contribution in [3.63, 3.8) is 0 Å². The fourth-order valence-electron chi connectivity index (χ4n) is 0.614. The van der Waals surface area contributed by atoms with E-state index in [0.717, 1.165) is 0 Å². The molecular formula is C6H7ClF6. The first-order valence-corrected chi connectivity index (χ1v) is 3.79. The van der Waals surface area contributed by atoms with Crippen molar-refractivity contribution in [2.45, 2.75) is 30.3 Å². The zero-order valence-electron chi connectivity index (χ0n) is 6.34. The lowest BCUT2D eigenvalue weighted by molar-refractivity contribution is -0.284. The number of hydrogen-bond acceptors (Lipinski definition) is 0. The molecule has 0 fully saturated rings. The number of alkyl halides is 7. The molecule has 0 saturated carbocycles. The maximum atomic E-state index is 12.2. The molecule has 0 spiro atoms. The molecule has 0 bridgehead atoms. The molecule has 0 N–H and O–H groups in total. The summed E-state index contributed by atoms with van der Waals surface area (Å²) >= 11 is 5.05. The van der Waals surface area contributed by atoms with Gasteiger partial charge in [0.1, 0.15) is 0 Å². The quantitative estimate of drug-likeness (QED) is 0.510. The fourth-order valence-corrected chi connectivity index (χ4v) is 0.891. The molecule has 0 aromatic heterocycles. The smallest absolute Gasteiger partial charge is 0.251 e. The van der Waals surface area contributed by atoms with Crippen LogP contribution >= 0.6 is 11.6 Å². The molecular weight excluding hydrogens is 222 g/mol. The Labute approximate surface area is 75.9 Å². The van der Waals surface area contributed by atoms with Crippen LogP contribution < -0.4 is 0 Å². The van der Waals surface area contributed by atoms with Crippen molar-refractivity contribution in [2.75, 3.05) is 6.67 Å². The van der Waals surface area contributed by atoms with Crippen molar-refractivity contribution >= 4 is 11.6 Å². The van der Waals surface area contributed by atoms with Gasteiger partial charge in [0.05, 0.1) is 6.67 Å². The Morgan fingerprint density at radius 1 is 1.08 bits per heavy atom. The molecule has 0 aromatic carbocycles. The van der Waals surface area contributed by atoms with Gasteiger partial charge in [-0.1, -0.05) is 0 Å². The van der Waals surface area contributed by atoms with Crippen LogP contribution in [0.5, 0.6) is 0 Å². The molecule has 7 heteroatoms. The van der Waals surface area contributed by atoms with E-state index >= 15 is 0 Å². The van der Waals surface area contributed by atoms with Gasteiger partial charge in [0.15, 0.2) is 0 Å². The first-order chi connectivity index (χ1) is 5.70. The van der Waals surface area contributed by atoms with Crippen molar-refractivity contribution in [1.29, 1.82) is 0 Å². The zero-order chi connectivity index (χ0) is 10.7. The fraction of sp³-hybridized carbons (Fsp3) is 1.00. The molecule has 0 rings (SSSR count). The monoisotopic (exact) mass is 228 g/mol. The van der Waals surface area contributed by atoms with E-state index < -0.39 is 37.0 Å². The van der Waals surface area contributed by atoms with Gasteiger partial charge in [-0.25, -0.2) is 0 Å². The van der Waals surface area contributed by atoms with Crippen molar-refractivity contribution < 1.29 is 26.3 Å². The topological polar surface area (TPSA) is 0 Å². The lowest BCUT2D eigenvalue weighted by atomic mass is 10.1. The van der Waals surface area contributed by atoms with Gasteiger partial charge in [-0.2, -0.15) is 22.0 Å². The largest absolute Gasteiger partial charge is 0.453 e. The van der Waals surface area contributed by atoms with E-state index in [1.807, 2.05) is 0 Å². The minimum atomic E-state index is -5.61. The summed E-state index contributed by atoms with van der Waals surface area (Å²) in [6, 6.07) is 0. The van der Waals surface area contributed by atoms with Crippen LogP contribution in [0.2, 0.25) is 0 Å². The lowest BCUT2D eigenvalue weighted by Crippen LogP contribution is -2.38. The lowest BCUT2D eigenvalue weighted by Gasteiger charge is -2.21. The first-order valence-electron chi connectivity index (χ1n) is 3.35. The van der Waals surface area contributed by atoms with E-state index in [9.17, 15) is 26.3 Å². The van der Waals surface area contributed by atoms with Crippen LogP contribution in [0.1, 0.15) is 12.8 Å². The minimum absolute atomic E-state index is 0.507. The van der Waals surface area contributed by atoms with Crippen molar-refractivity contribution in [2.24, 2.45) is 0 Å². The second-order valence-electron chi connectivity index (χ2n) is 2.48. The summed E-state index contributed by atoms with van der Waals surface area (Å²) in [7, 11) is 0. The van der Waals surface area contributed by atoms with E-state index in [0.29, 0.717) is 0 Å². The summed E-state index contributed by atoms with van der Waals surface area (Å²) in [5, 5.41) is -1.50. The molecule has 1 atom stereocenters. The Hall–Kier alpha value is -0.130. The zero-order valence-corrected chi connectivity index (χ0v) is 7.10. The summed E-state index contributed by atoms with van der Waals surface area (Å²) in [4.78, 5) is 0. The van der Waals surface area contributed by atoms with Crippen molar-refractivity contribution in [3.8, 4) is 0 Å². The van der Waals surface area contributed by atoms with E-state index in [2.05, 4.69) is 0 Å². The van der Waals surface area contributed by atoms with Gasteiger partial charge < -0.3 is 0 Å². The molecule has 13 heavy (non-hydrogen) atoms. The summed E-state index contributed by atoms with van der Waals surface area (Å²) in [6.07, 6.45) is -7.70. The molecule has 1 unspecified atom stereocenters. The van der Waals surface area contributed by atoms with E-state index in [4.69, 9.17) is 11.6 Å². The second kappa shape index (κ2) is 4.39. The molecule has 0 aliphatic carbocycles. The summed E-state index contributed by atoms with van der Waals surface area (Å²) in [6.45, 7) is -1.01. The number of halogens is 7. The molecule has 0 saturated heterocycles. The highest BCUT2D eigenvalue weighted by Crippen LogP contribution is 2.40. The second-order valence-corrected chi connectivity index (χ2v) is 3.10. The molecule has 0 aromatic rings. The molecule has 0 heterocycles. The van der Waals surface area contributed by atoms with Crippen LogP contribution in [0.4, 0.5) is 26.3 Å². The van der Waals surface area contributed by atoms with E-state index in [-0.39, 0.29) is 0 Å². The highest BCUT2D eigenvalue weighted by Gasteiger charge is 2.57. The number of rotatable bonds is 4. The third kappa shape index (κ3) is 4.06. The average Bonchev–Trinajstić information content (AvgIpc) is 1.83. The maximum Gasteiger partial charge on any atom is 0.453 e. The van der Waals surface area contributed by atoms with Gasteiger partial charge in [0, 0.05) is 11.8 Å². The van der Waals surface area contributed by atoms with Gasteiger partial charge >= 0.3 is 12.1 Å². The van der Waals surface area contributed by atoms with Crippen LogP contribution in [0, 0.1) is 0 Å². The van der Waals surface area contributed by atoms with Crippen LogP contribution in [0.15, 0.2) is 0 Å². The molecule has 0 aliphatic rings. The van der Waals surface area contributed by atoms with Gasteiger partial charge in [0.25, 0.3) is 0 Å². The van der Waals surface area contributed by atoms with Gasteiger partial charge in [-0.3, -0.25) is 4.39 Å². The molecule has 0 radical (unpaired) electrons. The Morgan fingerprint density at radius 3 is 1.85 bits per heavy atom. The predicted molar refractivity (Wildman–Crippen MR) is 35.9 cm³/mol. The van der Waals surface area contributed by atoms with Gasteiger partial charge in [0.2, 0.25) is 0 Å². The number of hydrogen-bond donors (Lipinski definition) is 0. The van der Waals surface area contributed by atoms with E-state index in [1.54, 1.807) is 0 Å². The van der Waals surface area contributed by atoms with Gasteiger partial charge in [-0.15, -0.1) is 11.6 Å². The van der Waals surface area contributed by atoms with E-state index in [1.165, 1.54) is 0 Å². The summed E-state index contributed by atoms with van der Waals surface area (Å²) < 4.78 is 70.4.